The standard InChI is InChI=1S/C24H17FN2O2/c25-24-21(13-7-15-23(24)27(28)29)19-11-4-2-9-17(19)16-8-1-3-10-18(16)20-12-5-6-14-22(20)26/h1-15H,26H2. The second-order valence-corrected chi connectivity index (χ2v) is 6.57. The van der Waals surface area contributed by atoms with Crippen LogP contribution in [0.25, 0.3) is 33.4 Å². The van der Waals surface area contributed by atoms with Gasteiger partial charge in [-0.1, -0.05) is 78.9 Å². The van der Waals surface area contributed by atoms with Crippen LogP contribution in [-0.4, -0.2) is 4.92 Å². The van der Waals surface area contributed by atoms with Gasteiger partial charge in [-0.05, 0) is 28.3 Å². The first-order valence-electron chi connectivity index (χ1n) is 9.04. The van der Waals surface area contributed by atoms with Gasteiger partial charge in [-0.15, -0.1) is 0 Å². The Hall–Kier alpha value is -3.99. The number of nitro groups is 1. The maximum absolute atomic E-state index is 14.9. The Morgan fingerprint density at radius 1 is 0.621 bits per heavy atom. The second-order valence-electron chi connectivity index (χ2n) is 6.57. The minimum absolute atomic E-state index is 0.186. The lowest BCUT2D eigenvalue weighted by molar-refractivity contribution is -0.387. The predicted octanol–water partition coefficient (Wildman–Crippen LogP) is 6.32. The van der Waals surface area contributed by atoms with Crippen LogP contribution >= 0.6 is 0 Å². The fourth-order valence-electron chi connectivity index (χ4n) is 3.52. The first-order valence-corrected chi connectivity index (χ1v) is 9.04. The number of nitrogens with two attached hydrogens (primary N) is 1. The molecule has 0 saturated carbocycles. The molecule has 0 aliphatic heterocycles. The van der Waals surface area contributed by atoms with Gasteiger partial charge in [0.1, 0.15) is 0 Å². The average molecular weight is 384 g/mol. The number of nitrogens with zero attached hydrogens (tertiary/aromatic N) is 1. The molecule has 0 saturated heterocycles. The van der Waals surface area contributed by atoms with Gasteiger partial charge in [0.05, 0.1) is 4.92 Å². The molecule has 4 nitrogen and oxygen atoms in total. The molecule has 142 valence electrons. The number of para-hydroxylation sites is 1. The summed E-state index contributed by atoms with van der Waals surface area (Å²) in [6.07, 6.45) is 0. The molecule has 0 aromatic heterocycles. The van der Waals surface area contributed by atoms with E-state index in [2.05, 4.69) is 0 Å². The lowest BCUT2D eigenvalue weighted by atomic mass is 9.89. The van der Waals surface area contributed by atoms with Crippen molar-refractivity contribution in [3.8, 4) is 33.4 Å². The SMILES string of the molecule is Nc1ccccc1-c1ccccc1-c1ccccc1-c1cccc([N+](=O)[O-])c1F. The third-order valence-corrected chi connectivity index (χ3v) is 4.86. The van der Waals surface area contributed by atoms with Crippen molar-refractivity contribution >= 4 is 11.4 Å². The van der Waals surface area contributed by atoms with E-state index in [0.29, 0.717) is 11.3 Å². The highest BCUT2D eigenvalue weighted by molar-refractivity contribution is 5.94. The summed E-state index contributed by atoms with van der Waals surface area (Å²) in [5.74, 6) is -0.846. The summed E-state index contributed by atoms with van der Waals surface area (Å²) in [5, 5.41) is 11.2. The van der Waals surface area contributed by atoms with Crippen LogP contribution in [0.15, 0.2) is 91.0 Å². The van der Waals surface area contributed by atoms with E-state index in [-0.39, 0.29) is 5.56 Å². The average Bonchev–Trinajstić information content (AvgIpc) is 2.74. The van der Waals surface area contributed by atoms with Gasteiger partial charge in [0, 0.05) is 22.9 Å². The Labute approximate surface area is 167 Å². The summed E-state index contributed by atoms with van der Waals surface area (Å²) in [7, 11) is 0. The highest BCUT2D eigenvalue weighted by Crippen LogP contribution is 2.41. The zero-order valence-electron chi connectivity index (χ0n) is 15.4. The van der Waals surface area contributed by atoms with E-state index >= 15 is 0 Å². The lowest BCUT2D eigenvalue weighted by Crippen LogP contribution is -1.96. The third kappa shape index (κ3) is 3.34. The summed E-state index contributed by atoms with van der Waals surface area (Å²) in [6, 6.07) is 26.8. The molecule has 5 heteroatoms. The van der Waals surface area contributed by atoms with Crippen LogP contribution in [0, 0.1) is 15.9 Å². The molecular weight excluding hydrogens is 367 g/mol. The zero-order valence-corrected chi connectivity index (χ0v) is 15.4. The fourth-order valence-corrected chi connectivity index (χ4v) is 3.52. The molecule has 0 fully saturated rings. The Kier molecular flexibility index (Phi) is 4.79. The molecule has 2 N–H and O–H groups in total. The smallest absolute Gasteiger partial charge is 0.305 e. The van der Waals surface area contributed by atoms with Crippen molar-refractivity contribution in [2.75, 3.05) is 5.73 Å². The van der Waals surface area contributed by atoms with Gasteiger partial charge in [0.2, 0.25) is 5.82 Å². The van der Waals surface area contributed by atoms with Gasteiger partial charge in [-0.25, -0.2) is 0 Å². The largest absolute Gasteiger partial charge is 0.398 e. The molecule has 0 bridgehead atoms. The van der Waals surface area contributed by atoms with E-state index in [4.69, 9.17) is 5.73 Å². The first kappa shape index (κ1) is 18.4. The van der Waals surface area contributed by atoms with Crippen molar-refractivity contribution in [2.24, 2.45) is 0 Å². The molecule has 29 heavy (non-hydrogen) atoms. The molecule has 0 heterocycles. The normalized spacial score (nSPS) is 10.7. The zero-order chi connectivity index (χ0) is 20.4. The van der Waals surface area contributed by atoms with Crippen molar-refractivity contribution in [1.82, 2.24) is 0 Å². The number of halogens is 1. The topological polar surface area (TPSA) is 69.2 Å². The fraction of sp³-hybridized carbons (Fsp3) is 0. The van der Waals surface area contributed by atoms with E-state index in [1.54, 1.807) is 18.2 Å². The first-order chi connectivity index (χ1) is 14.1. The van der Waals surface area contributed by atoms with Crippen LogP contribution in [0.4, 0.5) is 15.8 Å². The van der Waals surface area contributed by atoms with Gasteiger partial charge in [-0.3, -0.25) is 10.1 Å². The van der Waals surface area contributed by atoms with Gasteiger partial charge in [0.25, 0.3) is 0 Å². The van der Waals surface area contributed by atoms with Crippen molar-refractivity contribution in [2.45, 2.75) is 0 Å². The summed E-state index contributed by atoms with van der Waals surface area (Å²) >= 11 is 0. The van der Waals surface area contributed by atoms with Crippen molar-refractivity contribution < 1.29 is 9.31 Å². The highest BCUT2D eigenvalue weighted by atomic mass is 19.1. The maximum Gasteiger partial charge on any atom is 0.305 e. The van der Waals surface area contributed by atoms with Crippen LogP contribution in [0.3, 0.4) is 0 Å². The Bertz CT molecular complexity index is 1220. The van der Waals surface area contributed by atoms with Crippen LogP contribution < -0.4 is 5.73 Å². The molecule has 4 aromatic carbocycles. The van der Waals surface area contributed by atoms with Gasteiger partial charge >= 0.3 is 5.69 Å². The Morgan fingerprint density at radius 2 is 1.03 bits per heavy atom. The summed E-state index contributed by atoms with van der Waals surface area (Å²) in [6.45, 7) is 0. The highest BCUT2D eigenvalue weighted by Gasteiger charge is 2.21. The minimum atomic E-state index is -0.846. The number of hydrogen-bond donors (Lipinski definition) is 1. The quantitative estimate of drug-likeness (QED) is 0.254. The summed E-state index contributed by atoms with van der Waals surface area (Å²) < 4.78 is 14.9. The number of hydrogen-bond acceptors (Lipinski definition) is 3. The Balaban J connectivity index is 1.97. The van der Waals surface area contributed by atoms with E-state index in [9.17, 15) is 14.5 Å². The summed E-state index contributed by atoms with van der Waals surface area (Å²) in [5.41, 5.74) is 10.5. The van der Waals surface area contributed by atoms with Crippen molar-refractivity contribution in [3.05, 3.63) is 107 Å². The number of nitro benzene ring substituents is 1. The molecule has 0 aliphatic rings. The molecule has 0 radical (unpaired) electrons. The Morgan fingerprint density at radius 3 is 1.55 bits per heavy atom. The number of benzene rings is 4. The monoisotopic (exact) mass is 384 g/mol. The molecule has 0 amide bonds. The van der Waals surface area contributed by atoms with E-state index in [0.717, 1.165) is 22.3 Å². The van der Waals surface area contributed by atoms with Crippen LogP contribution in [0.2, 0.25) is 0 Å². The van der Waals surface area contributed by atoms with Crippen LogP contribution in [0.1, 0.15) is 0 Å². The van der Waals surface area contributed by atoms with Crippen LogP contribution in [0.5, 0.6) is 0 Å². The second kappa shape index (κ2) is 7.56. The van der Waals surface area contributed by atoms with E-state index in [1.807, 2.05) is 60.7 Å². The molecule has 0 atom stereocenters. The number of anilines is 1. The van der Waals surface area contributed by atoms with Gasteiger partial charge in [-0.2, -0.15) is 4.39 Å². The number of rotatable bonds is 4. The van der Waals surface area contributed by atoms with Crippen LogP contribution in [-0.2, 0) is 0 Å². The lowest BCUT2D eigenvalue weighted by Gasteiger charge is -2.16. The molecule has 4 rings (SSSR count). The molecule has 0 unspecified atom stereocenters. The maximum atomic E-state index is 14.9. The molecular formula is C24H17FN2O2. The minimum Gasteiger partial charge on any atom is -0.398 e. The van der Waals surface area contributed by atoms with Crippen molar-refractivity contribution in [3.63, 3.8) is 0 Å². The summed E-state index contributed by atoms with van der Waals surface area (Å²) in [4.78, 5) is 10.5. The predicted molar refractivity (Wildman–Crippen MR) is 114 cm³/mol. The molecule has 4 aromatic rings. The van der Waals surface area contributed by atoms with Crippen molar-refractivity contribution in [1.29, 1.82) is 0 Å². The third-order valence-electron chi connectivity index (χ3n) is 4.86. The molecule has 0 aliphatic carbocycles. The van der Waals surface area contributed by atoms with Gasteiger partial charge in [0.15, 0.2) is 0 Å². The van der Waals surface area contributed by atoms with Gasteiger partial charge < -0.3 is 5.73 Å². The van der Waals surface area contributed by atoms with E-state index < -0.39 is 16.4 Å². The number of nitrogen functional groups attached to an aromatic ring is 1. The molecule has 0 spiro atoms. The van der Waals surface area contributed by atoms with E-state index in [1.165, 1.54) is 12.1 Å².